The van der Waals surface area contributed by atoms with Crippen molar-refractivity contribution in [2.45, 2.75) is 96.4 Å². The van der Waals surface area contributed by atoms with E-state index in [-0.39, 0.29) is 30.0 Å². The van der Waals surface area contributed by atoms with Crippen LogP contribution in [0.1, 0.15) is 67.7 Å². The summed E-state index contributed by atoms with van der Waals surface area (Å²) in [7, 11) is -0.291. The molecule has 0 spiro atoms. The molecule has 2 fully saturated rings. The van der Waals surface area contributed by atoms with E-state index < -0.39 is 5.60 Å². The van der Waals surface area contributed by atoms with Crippen molar-refractivity contribution in [3.63, 3.8) is 0 Å². The molecule has 1 aliphatic carbocycles. The van der Waals surface area contributed by atoms with Gasteiger partial charge < -0.3 is 19.4 Å². The Hall–Kier alpha value is -0.745. The van der Waals surface area contributed by atoms with E-state index in [1.807, 2.05) is 48.5 Å². The van der Waals surface area contributed by atoms with Crippen molar-refractivity contribution in [1.82, 2.24) is 5.32 Å². The second-order valence-corrected chi connectivity index (χ2v) is 8.65. The fourth-order valence-corrected chi connectivity index (χ4v) is 2.87. The van der Waals surface area contributed by atoms with Crippen LogP contribution >= 0.6 is 0 Å². The van der Waals surface area contributed by atoms with Gasteiger partial charge in [-0.2, -0.15) is 0 Å². The Kier molecular flexibility index (Phi) is 4.33. The Morgan fingerprint density at radius 3 is 2.00 bits per heavy atom. The van der Waals surface area contributed by atoms with Crippen LogP contribution < -0.4 is 5.32 Å². The van der Waals surface area contributed by atoms with Gasteiger partial charge in [0.15, 0.2) is 0 Å². The molecule has 5 nitrogen and oxygen atoms in total. The van der Waals surface area contributed by atoms with Crippen molar-refractivity contribution in [2.24, 2.45) is 0 Å². The lowest BCUT2D eigenvalue weighted by Crippen LogP contribution is -2.56. The monoisotopic (exact) mass is 311 g/mol. The average Bonchev–Trinajstić information content (AvgIpc) is 2.40. The van der Waals surface area contributed by atoms with Crippen molar-refractivity contribution in [3.05, 3.63) is 0 Å². The first kappa shape index (κ1) is 17.6. The normalized spacial score (nSPS) is 25.5. The smallest absolute Gasteiger partial charge is 0.444 e. The van der Waals surface area contributed by atoms with Crippen LogP contribution in [0.5, 0.6) is 0 Å². The van der Waals surface area contributed by atoms with Gasteiger partial charge in [-0.05, 0) is 67.7 Å². The molecule has 22 heavy (non-hydrogen) atoms. The van der Waals surface area contributed by atoms with Crippen LogP contribution in [0, 0.1) is 0 Å². The van der Waals surface area contributed by atoms with E-state index in [1.165, 1.54) is 0 Å². The van der Waals surface area contributed by atoms with Crippen molar-refractivity contribution in [3.8, 4) is 0 Å². The maximum Gasteiger partial charge on any atom is 0.460 e. The molecule has 1 heterocycles. The quantitative estimate of drug-likeness (QED) is 0.810. The van der Waals surface area contributed by atoms with Gasteiger partial charge >= 0.3 is 13.2 Å². The molecule has 0 bridgehead atoms. The number of hydrogen-bond acceptors (Lipinski definition) is 4. The van der Waals surface area contributed by atoms with Crippen molar-refractivity contribution in [2.75, 3.05) is 0 Å². The van der Waals surface area contributed by atoms with Crippen LogP contribution in [0.4, 0.5) is 4.79 Å². The molecule has 0 aromatic carbocycles. The number of carbonyl (C=O) groups excluding carboxylic acids is 1. The van der Waals surface area contributed by atoms with Crippen LogP contribution in [0.3, 0.4) is 0 Å². The third-order valence-corrected chi connectivity index (χ3v) is 4.94. The van der Waals surface area contributed by atoms with E-state index in [0.29, 0.717) is 6.32 Å². The first-order valence-electron chi connectivity index (χ1n) is 8.21. The molecule has 1 amide bonds. The van der Waals surface area contributed by atoms with Crippen LogP contribution in [-0.4, -0.2) is 35.6 Å². The minimum Gasteiger partial charge on any atom is -0.444 e. The topological polar surface area (TPSA) is 56.8 Å². The molecule has 1 saturated carbocycles. The Balaban J connectivity index is 1.97. The summed E-state index contributed by atoms with van der Waals surface area (Å²) in [4.78, 5) is 12.1. The standard InChI is InChI=1S/C16H30BNO4/c1-13(2,3)20-12(19)18-16(9-8-10-16)11-17-21-14(4,5)15(6,7)22-17/h8-11H2,1-7H3,(H,18,19). The number of hydrogen-bond donors (Lipinski definition) is 1. The largest absolute Gasteiger partial charge is 0.460 e. The zero-order valence-corrected chi connectivity index (χ0v) is 15.0. The zero-order chi connectivity index (χ0) is 16.8. The minimum absolute atomic E-state index is 0.260. The molecule has 1 saturated heterocycles. The average molecular weight is 311 g/mol. The van der Waals surface area contributed by atoms with Crippen LogP contribution in [-0.2, 0) is 14.0 Å². The second kappa shape index (κ2) is 5.41. The maximum atomic E-state index is 12.1. The molecule has 0 aromatic heterocycles. The van der Waals surface area contributed by atoms with Gasteiger partial charge in [-0.25, -0.2) is 4.79 Å². The lowest BCUT2D eigenvalue weighted by atomic mass is 9.63. The second-order valence-electron chi connectivity index (χ2n) is 8.65. The van der Waals surface area contributed by atoms with E-state index >= 15 is 0 Å². The summed E-state index contributed by atoms with van der Waals surface area (Å²) in [5, 5.41) is 3.05. The van der Waals surface area contributed by atoms with Crippen molar-refractivity contribution in [1.29, 1.82) is 0 Å². The summed E-state index contributed by atoms with van der Waals surface area (Å²) in [5.74, 6) is 0. The van der Waals surface area contributed by atoms with Gasteiger partial charge in [0, 0.05) is 11.9 Å². The minimum atomic E-state index is -0.487. The predicted molar refractivity (Wildman–Crippen MR) is 86.8 cm³/mol. The molecule has 2 rings (SSSR count). The molecular formula is C16H30BNO4. The molecule has 0 unspecified atom stereocenters. The highest BCUT2D eigenvalue weighted by molar-refractivity contribution is 6.46. The molecule has 1 N–H and O–H groups in total. The first-order valence-corrected chi connectivity index (χ1v) is 8.21. The van der Waals surface area contributed by atoms with Gasteiger partial charge in [-0.3, -0.25) is 0 Å². The number of ether oxygens (including phenoxy) is 1. The van der Waals surface area contributed by atoms with E-state index in [4.69, 9.17) is 14.0 Å². The van der Waals surface area contributed by atoms with E-state index in [2.05, 4.69) is 5.32 Å². The van der Waals surface area contributed by atoms with Gasteiger partial charge in [0.05, 0.1) is 11.2 Å². The third-order valence-electron chi connectivity index (χ3n) is 4.94. The number of nitrogens with one attached hydrogen (secondary N) is 1. The molecule has 1 aliphatic heterocycles. The molecule has 0 aromatic rings. The van der Waals surface area contributed by atoms with E-state index in [9.17, 15) is 4.79 Å². The molecule has 6 heteroatoms. The highest BCUT2D eigenvalue weighted by Gasteiger charge is 2.54. The lowest BCUT2D eigenvalue weighted by Gasteiger charge is -2.43. The van der Waals surface area contributed by atoms with Gasteiger partial charge in [0.1, 0.15) is 5.60 Å². The molecule has 0 atom stereocenters. The van der Waals surface area contributed by atoms with Crippen LogP contribution in [0.25, 0.3) is 0 Å². The zero-order valence-electron chi connectivity index (χ0n) is 15.0. The lowest BCUT2D eigenvalue weighted by molar-refractivity contribution is 0.00578. The SMILES string of the molecule is CC(C)(C)OC(=O)NC1(CB2OC(C)(C)C(C)(C)O2)CCC1. The predicted octanol–water partition coefficient (Wildman–Crippen LogP) is 3.53. The van der Waals surface area contributed by atoms with Gasteiger partial charge in [0.25, 0.3) is 0 Å². The first-order chi connectivity index (χ1) is 9.84. The Labute approximate surface area is 134 Å². The Morgan fingerprint density at radius 1 is 1.14 bits per heavy atom. The van der Waals surface area contributed by atoms with Crippen LogP contribution in [0.2, 0.25) is 6.32 Å². The molecule has 0 radical (unpaired) electrons. The summed E-state index contributed by atoms with van der Waals surface area (Å²) < 4.78 is 17.5. The Bertz CT molecular complexity index is 422. The summed E-state index contributed by atoms with van der Waals surface area (Å²) in [6.45, 7) is 13.8. The van der Waals surface area contributed by atoms with Gasteiger partial charge in [-0.1, -0.05) is 0 Å². The van der Waals surface area contributed by atoms with Crippen LogP contribution in [0.15, 0.2) is 0 Å². The maximum absolute atomic E-state index is 12.1. The highest BCUT2D eigenvalue weighted by Crippen LogP contribution is 2.43. The van der Waals surface area contributed by atoms with E-state index in [1.54, 1.807) is 0 Å². The molecular weight excluding hydrogens is 281 g/mol. The third kappa shape index (κ3) is 3.77. The fraction of sp³-hybridized carbons (Fsp3) is 0.938. The molecule has 126 valence electrons. The summed E-state index contributed by atoms with van der Waals surface area (Å²) in [6, 6.07) is 0. The van der Waals surface area contributed by atoms with Crippen molar-refractivity contribution >= 4 is 13.2 Å². The van der Waals surface area contributed by atoms with Gasteiger partial charge in [0.2, 0.25) is 0 Å². The fourth-order valence-electron chi connectivity index (χ4n) is 2.87. The number of rotatable bonds is 3. The summed E-state index contributed by atoms with van der Waals surface area (Å²) >= 11 is 0. The summed E-state index contributed by atoms with van der Waals surface area (Å²) in [6.07, 6.45) is 3.30. The Morgan fingerprint density at radius 2 is 1.64 bits per heavy atom. The van der Waals surface area contributed by atoms with E-state index in [0.717, 1.165) is 19.3 Å². The van der Waals surface area contributed by atoms with Gasteiger partial charge in [-0.15, -0.1) is 0 Å². The molecule has 2 aliphatic rings. The number of amides is 1. The number of carbonyl (C=O) groups is 1. The number of alkyl carbamates (subject to hydrolysis) is 1. The highest BCUT2D eigenvalue weighted by atomic mass is 16.7. The van der Waals surface area contributed by atoms with Crippen molar-refractivity contribution < 1.29 is 18.8 Å². The summed E-state index contributed by atoms with van der Waals surface area (Å²) in [5.41, 5.74) is -1.42.